The van der Waals surface area contributed by atoms with E-state index in [0.29, 0.717) is 37.4 Å². The molecular formula is C17H23N5O3. The molecule has 2 saturated heterocycles. The molecule has 2 heterocycles. The zero-order valence-electron chi connectivity index (χ0n) is 14.0. The fourth-order valence-corrected chi connectivity index (χ4v) is 3.46. The van der Waals surface area contributed by atoms with Crippen molar-refractivity contribution >= 4 is 23.5 Å². The van der Waals surface area contributed by atoms with Crippen molar-refractivity contribution in [2.24, 2.45) is 5.73 Å². The minimum atomic E-state index is -0.667. The van der Waals surface area contributed by atoms with E-state index >= 15 is 0 Å². The van der Waals surface area contributed by atoms with Gasteiger partial charge in [-0.1, -0.05) is 6.07 Å². The number of piperidine rings is 1. The predicted molar refractivity (Wildman–Crippen MR) is 93.2 cm³/mol. The summed E-state index contributed by atoms with van der Waals surface area (Å²) in [5.74, 6) is -0.00129. The molecule has 1 aromatic carbocycles. The number of piperazine rings is 1. The summed E-state index contributed by atoms with van der Waals surface area (Å²) in [5, 5.41) is 5.55. The highest BCUT2D eigenvalue weighted by atomic mass is 16.2. The number of carbonyl (C=O) groups excluding carboxylic acids is 3. The van der Waals surface area contributed by atoms with Crippen molar-refractivity contribution in [3.05, 3.63) is 29.8 Å². The number of urea groups is 1. The molecule has 0 aromatic heterocycles. The minimum Gasteiger partial charge on any atom is -0.351 e. The Kier molecular flexibility index (Phi) is 5.18. The standard InChI is InChI=1S/C17H23N5O3/c18-17(25)20-13-4-1-3-12(9-13)16(24)21-7-2-5-14(11-21)22-8-6-19-10-15(22)23/h1,3-4,9,14,19H,2,5-8,10-11H2,(H3,18,20,25). The van der Waals surface area contributed by atoms with Gasteiger partial charge in [-0.25, -0.2) is 4.79 Å². The zero-order chi connectivity index (χ0) is 17.8. The number of rotatable bonds is 3. The second kappa shape index (κ2) is 7.52. The van der Waals surface area contributed by atoms with Crippen LogP contribution in [0.25, 0.3) is 0 Å². The van der Waals surface area contributed by atoms with Crippen LogP contribution >= 0.6 is 0 Å². The molecule has 8 nitrogen and oxygen atoms in total. The smallest absolute Gasteiger partial charge is 0.316 e. The molecule has 0 aliphatic carbocycles. The van der Waals surface area contributed by atoms with E-state index in [1.807, 2.05) is 4.90 Å². The minimum absolute atomic E-state index is 0.0687. The van der Waals surface area contributed by atoms with Crippen LogP contribution in [0.2, 0.25) is 0 Å². The second-order valence-electron chi connectivity index (χ2n) is 6.38. The number of nitrogens with two attached hydrogens (primary N) is 1. The molecule has 4 N–H and O–H groups in total. The van der Waals surface area contributed by atoms with Gasteiger partial charge in [0, 0.05) is 43.5 Å². The van der Waals surface area contributed by atoms with Crippen LogP contribution < -0.4 is 16.4 Å². The maximum Gasteiger partial charge on any atom is 0.316 e. The number of primary amides is 1. The summed E-state index contributed by atoms with van der Waals surface area (Å²) in [7, 11) is 0. The molecule has 25 heavy (non-hydrogen) atoms. The summed E-state index contributed by atoms with van der Waals surface area (Å²) in [6, 6.07) is 6.12. The Hall–Kier alpha value is -2.61. The van der Waals surface area contributed by atoms with Crippen LogP contribution in [0.15, 0.2) is 24.3 Å². The Balaban J connectivity index is 1.69. The van der Waals surface area contributed by atoms with Crippen molar-refractivity contribution in [3.63, 3.8) is 0 Å². The Morgan fingerprint density at radius 2 is 2.12 bits per heavy atom. The molecule has 0 bridgehead atoms. The zero-order valence-corrected chi connectivity index (χ0v) is 14.0. The van der Waals surface area contributed by atoms with Gasteiger partial charge >= 0.3 is 6.03 Å². The number of nitrogens with zero attached hydrogens (tertiary/aromatic N) is 2. The van der Waals surface area contributed by atoms with Gasteiger partial charge < -0.3 is 26.2 Å². The van der Waals surface area contributed by atoms with E-state index in [0.717, 1.165) is 19.4 Å². The van der Waals surface area contributed by atoms with Crippen LogP contribution in [0.5, 0.6) is 0 Å². The van der Waals surface area contributed by atoms with Crippen LogP contribution in [0.4, 0.5) is 10.5 Å². The molecule has 8 heteroatoms. The van der Waals surface area contributed by atoms with Gasteiger partial charge in [-0.2, -0.15) is 0 Å². The summed E-state index contributed by atoms with van der Waals surface area (Å²) >= 11 is 0. The second-order valence-corrected chi connectivity index (χ2v) is 6.38. The molecule has 2 fully saturated rings. The molecule has 0 spiro atoms. The molecule has 2 aliphatic rings. The van der Waals surface area contributed by atoms with Crippen LogP contribution in [-0.2, 0) is 4.79 Å². The highest BCUT2D eigenvalue weighted by Crippen LogP contribution is 2.20. The number of likely N-dealkylation sites (tertiary alicyclic amines) is 1. The van der Waals surface area contributed by atoms with Crippen LogP contribution in [-0.4, -0.2) is 66.4 Å². The van der Waals surface area contributed by atoms with E-state index < -0.39 is 6.03 Å². The lowest BCUT2D eigenvalue weighted by atomic mass is 10.0. The molecule has 0 radical (unpaired) electrons. The average Bonchev–Trinajstić information content (AvgIpc) is 2.61. The number of amides is 4. The highest BCUT2D eigenvalue weighted by Gasteiger charge is 2.31. The van der Waals surface area contributed by atoms with Gasteiger partial charge in [0.1, 0.15) is 0 Å². The quantitative estimate of drug-likeness (QED) is 0.728. The number of hydrogen-bond acceptors (Lipinski definition) is 4. The summed E-state index contributed by atoms with van der Waals surface area (Å²) in [6.07, 6.45) is 1.78. The van der Waals surface area contributed by atoms with Crippen molar-refractivity contribution in [1.29, 1.82) is 0 Å². The van der Waals surface area contributed by atoms with E-state index in [2.05, 4.69) is 10.6 Å². The van der Waals surface area contributed by atoms with Gasteiger partial charge in [0.05, 0.1) is 6.54 Å². The maximum absolute atomic E-state index is 12.8. The first kappa shape index (κ1) is 17.2. The Bertz CT molecular complexity index is 678. The Morgan fingerprint density at radius 1 is 1.28 bits per heavy atom. The van der Waals surface area contributed by atoms with E-state index in [4.69, 9.17) is 5.73 Å². The molecule has 4 amide bonds. The topological polar surface area (TPSA) is 108 Å². The summed E-state index contributed by atoms with van der Waals surface area (Å²) in [5.41, 5.74) is 6.11. The fourth-order valence-electron chi connectivity index (χ4n) is 3.46. The average molecular weight is 345 g/mol. The van der Waals surface area contributed by atoms with Crippen LogP contribution in [0.3, 0.4) is 0 Å². The molecule has 0 saturated carbocycles. The first-order chi connectivity index (χ1) is 12.0. The first-order valence-electron chi connectivity index (χ1n) is 8.50. The molecule has 1 aromatic rings. The third-order valence-electron chi connectivity index (χ3n) is 4.63. The predicted octanol–water partition coefficient (Wildman–Crippen LogP) is 0.214. The maximum atomic E-state index is 12.8. The number of benzene rings is 1. The van der Waals surface area contributed by atoms with Crippen molar-refractivity contribution in [1.82, 2.24) is 15.1 Å². The molecule has 1 unspecified atom stereocenters. The van der Waals surface area contributed by atoms with Crippen molar-refractivity contribution < 1.29 is 14.4 Å². The van der Waals surface area contributed by atoms with Crippen LogP contribution in [0.1, 0.15) is 23.2 Å². The van der Waals surface area contributed by atoms with Crippen molar-refractivity contribution in [3.8, 4) is 0 Å². The third-order valence-corrected chi connectivity index (χ3v) is 4.63. The van der Waals surface area contributed by atoms with Crippen LogP contribution in [0, 0.1) is 0 Å². The molecule has 1 atom stereocenters. The summed E-state index contributed by atoms with van der Waals surface area (Å²) in [4.78, 5) is 39.6. The lowest BCUT2D eigenvalue weighted by Crippen LogP contribution is -2.57. The number of carbonyl (C=O) groups is 3. The number of anilines is 1. The third kappa shape index (κ3) is 4.08. The van der Waals surface area contributed by atoms with Gasteiger partial charge in [0.15, 0.2) is 0 Å². The first-order valence-corrected chi connectivity index (χ1v) is 8.50. The van der Waals surface area contributed by atoms with E-state index in [9.17, 15) is 14.4 Å². The molecular weight excluding hydrogens is 322 g/mol. The van der Waals surface area contributed by atoms with Gasteiger partial charge in [0.2, 0.25) is 5.91 Å². The highest BCUT2D eigenvalue weighted by molar-refractivity contribution is 5.96. The Labute approximate surface area is 146 Å². The number of hydrogen-bond donors (Lipinski definition) is 3. The van der Waals surface area contributed by atoms with Crippen molar-refractivity contribution in [2.75, 3.05) is 38.0 Å². The van der Waals surface area contributed by atoms with Gasteiger partial charge in [0.25, 0.3) is 5.91 Å². The molecule has 2 aliphatic heterocycles. The van der Waals surface area contributed by atoms with Crippen molar-refractivity contribution in [2.45, 2.75) is 18.9 Å². The molecule has 134 valence electrons. The van der Waals surface area contributed by atoms with E-state index in [-0.39, 0.29) is 17.9 Å². The summed E-state index contributed by atoms with van der Waals surface area (Å²) < 4.78 is 0. The molecule has 3 rings (SSSR count). The van der Waals surface area contributed by atoms with Gasteiger partial charge in [-0.3, -0.25) is 9.59 Å². The normalized spacial score (nSPS) is 21.1. The summed E-state index contributed by atoms with van der Waals surface area (Å²) in [6.45, 7) is 3.05. The lowest BCUT2D eigenvalue weighted by Gasteiger charge is -2.41. The monoisotopic (exact) mass is 345 g/mol. The largest absolute Gasteiger partial charge is 0.351 e. The van der Waals surface area contributed by atoms with Gasteiger partial charge in [-0.15, -0.1) is 0 Å². The van der Waals surface area contributed by atoms with E-state index in [1.54, 1.807) is 29.2 Å². The lowest BCUT2D eigenvalue weighted by molar-refractivity contribution is -0.135. The van der Waals surface area contributed by atoms with E-state index in [1.165, 1.54) is 0 Å². The van der Waals surface area contributed by atoms with Gasteiger partial charge in [-0.05, 0) is 31.0 Å². The SMILES string of the molecule is NC(=O)Nc1cccc(C(=O)N2CCCC(N3CCNCC3=O)C2)c1. The number of nitrogens with one attached hydrogen (secondary N) is 2. The Morgan fingerprint density at radius 3 is 2.88 bits per heavy atom. The fraction of sp³-hybridized carbons (Fsp3) is 0.471.